The smallest absolute Gasteiger partial charge is 0.368 e. The van der Waals surface area contributed by atoms with Gasteiger partial charge in [0, 0.05) is 5.69 Å². The maximum Gasteiger partial charge on any atom is 0.405 e. The van der Waals surface area contributed by atoms with Crippen molar-refractivity contribution in [3.8, 4) is 6.07 Å². The predicted molar refractivity (Wildman–Crippen MR) is 68.2 cm³/mol. The number of nitriles is 1. The van der Waals surface area contributed by atoms with Crippen molar-refractivity contribution in [1.82, 2.24) is 0 Å². The van der Waals surface area contributed by atoms with E-state index in [1.807, 2.05) is 0 Å². The Morgan fingerprint density at radius 2 is 2.15 bits per heavy atom. The number of nitrogens with two attached hydrogens (primary N) is 1. The van der Waals surface area contributed by atoms with E-state index in [1.165, 1.54) is 25.1 Å². The molecule has 1 atom stereocenters. The second-order valence-electron chi connectivity index (χ2n) is 4.10. The van der Waals surface area contributed by atoms with Crippen LogP contribution in [0, 0.1) is 11.3 Å². The van der Waals surface area contributed by atoms with Crippen molar-refractivity contribution in [3.05, 3.63) is 28.8 Å². The molecule has 0 aliphatic heterocycles. The summed E-state index contributed by atoms with van der Waals surface area (Å²) in [6.45, 7) is -0.0838. The second kappa shape index (κ2) is 6.01. The van der Waals surface area contributed by atoms with Gasteiger partial charge in [0.15, 0.2) is 0 Å². The monoisotopic (exact) mass is 305 g/mol. The maximum atomic E-state index is 12.6. The molecule has 0 bridgehead atoms. The highest BCUT2D eigenvalue weighted by molar-refractivity contribution is 6.32. The van der Waals surface area contributed by atoms with Gasteiger partial charge in [0.25, 0.3) is 0 Å². The number of nitrogens with zero attached hydrogens (tertiary/aromatic N) is 2. The summed E-state index contributed by atoms with van der Waals surface area (Å²) in [4.78, 5) is 11.9. The molecular formula is C12H11ClF3N3O. The molecule has 4 nitrogen and oxygen atoms in total. The Kier molecular flexibility index (Phi) is 4.84. The summed E-state index contributed by atoms with van der Waals surface area (Å²) in [6, 6.07) is 4.40. The number of benzene rings is 1. The molecule has 20 heavy (non-hydrogen) atoms. The third kappa shape index (κ3) is 4.03. The average molecular weight is 306 g/mol. The van der Waals surface area contributed by atoms with Crippen LogP contribution in [-0.2, 0) is 4.79 Å². The van der Waals surface area contributed by atoms with E-state index in [0.29, 0.717) is 0 Å². The fourth-order valence-corrected chi connectivity index (χ4v) is 1.79. The number of hydrogen-bond donors (Lipinski definition) is 1. The predicted octanol–water partition coefficient (Wildman–Crippen LogP) is 2.45. The molecule has 108 valence electrons. The first-order valence-corrected chi connectivity index (χ1v) is 5.86. The largest absolute Gasteiger partial charge is 0.405 e. The number of primary amides is 1. The lowest BCUT2D eigenvalue weighted by Crippen LogP contribution is -2.47. The molecule has 1 aromatic carbocycles. The maximum absolute atomic E-state index is 12.6. The standard InChI is InChI=1S/C12H11ClF3N3O/c1-7(11(18)20)19(6-12(14,15)16)9-3-2-8(5-17)10(13)4-9/h2-4,7H,6H2,1H3,(H2,18,20)/t7-/m0/s1. The van der Waals surface area contributed by atoms with Crippen molar-refractivity contribution in [2.75, 3.05) is 11.4 Å². The molecule has 0 aromatic heterocycles. The van der Waals surface area contributed by atoms with Crippen LogP contribution in [0.2, 0.25) is 5.02 Å². The van der Waals surface area contributed by atoms with Gasteiger partial charge in [-0.2, -0.15) is 18.4 Å². The van der Waals surface area contributed by atoms with E-state index in [4.69, 9.17) is 22.6 Å². The molecule has 0 heterocycles. The summed E-state index contributed by atoms with van der Waals surface area (Å²) in [6.07, 6.45) is -4.51. The van der Waals surface area contributed by atoms with E-state index in [0.717, 1.165) is 4.90 Å². The second-order valence-corrected chi connectivity index (χ2v) is 4.50. The Morgan fingerprint density at radius 3 is 2.55 bits per heavy atom. The van der Waals surface area contributed by atoms with Gasteiger partial charge >= 0.3 is 6.18 Å². The van der Waals surface area contributed by atoms with Gasteiger partial charge in [-0.3, -0.25) is 4.79 Å². The lowest BCUT2D eigenvalue weighted by molar-refractivity contribution is -0.125. The van der Waals surface area contributed by atoms with Crippen LogP contribution in [0.15, 0.2) is 18.2 Å². The van der Waals surface area contributed by atoms with Crippen LogP contribution >= 0.6 is 11.6 Å². The average Bonchev–Trinajstić information content (AvgIpc) is 2.33. The topological polar surface area (TPSA) is 70.1 Å². The van der Waals surface area contributed by atoms with Crippen molar-refractivity contribution >= 4 is 23.2 Å². The number of carbonyl (C=O) groups is 1. The third-order valence-electron chi connectivity index (χ3n) is 2.63. The minimum Gasteiger partial charge on any atom is -0.368 e. The van der Waals surface area contributed by atoms with Crippen molar-refractivity contribution in [3.63, 3.8) is 0 Å². The van der Waals surface area contributed by atoms with Crippen molar-refractivity contribution < 1.29 is 18.0 Å². The third-order valence-corrected chi connectivity index (χ3v) is 2.95. The minimum atomic E-state index is -4.51. The van der Waals surface area contributed by atoms with Gasteiger partial charge in [0.2, 0.25) is 5.91 Å². The normalized spacial score (nSPS) is 12.6. The SMILES string of the molecule is C[C@@H](C(N)=O)N(CC(F)(F)F)c1ccc(C#N)c(Cl)c1. The molecule has 2 N–H and O–H groups in total. The Bertz CT molecular complexity index is 554. The van der Waals surface area contributed by atoms with Crippen molar-refractivity contribution in [2.24, 2.45) is 5.73 Å². The van der Waals surface area contributed by atoms with Gasteiger partial charge in [-0.15, -0.1) is 0 Å². The fourth-order valence-electron chi connectivity index (χ4n) is 1.57. The zero-order chi connectivity index (χ0) is 15.5. The number of hydrogen-bond acceptors (Lipinski definition) is 3. The molecule has 0 fully saturated rings. The van der Waals surface area contributed by atoms with E-state index in [1.54, 1.807) is 6.07 Å². The van der Waals surface area contributed by atoms with Gasteiger partial charge in [-0.25, -0.2) is 0 Å². The first kappa shape index (κ1) is 16.1. The van der Waals surface area contributed by atoms with Gasteiger partial charge < -0.3 is 10.6 Å². The molecule has 0 saturated carbocycles. The quantitative estimate of drug-likeness (QED) is 0.929. The van der Waals surface area contributed by atoms with Crippen LogP contribution in [-0.4, -0.2) is 24.7 Å². The zero-order valence-electron chi connectivity index (χ0n) is 10.4. The highest BCUT2D eigenvalue weighted by atomic mass is 35.5. The van der Waals surface area contributed by atoms with E-state index in [9.17, 15) is 18.0 Å². The molecule has 0 spiro atoms. The minimum absolute atomic E-state index is 0.00819. The van der Waals surface area contributed by atoms with Crippen molar-refractivity contribution in [1.29, 1.82) is 5.26 Å². The molecule has 0 saturated heterocycles. The molecule has 0 aliphatic carbocycles. The van der Waals surface area contributed by atoms with Crippen LogP contribution < -0.4 is 10.6 Å². The number of amides is 1. The summed E-state index contributed by atoms with van der Waals surface area (Å²) in [7, 11) is 0. The Hall–Kier alpha value is -1.94. The molecule has 0 radical (unpaired) electrons. The van der Waals surface area contributed by atoms with Crippen molar-refractivity contribution in [2.45, 2.75) is 19.1 Å². The molecule has 8 heteroatoms. The van der Waals surface area contributed by atoms with Crippen LogP contribution in [0.25, 0.3) is 0 Å². The van der Waals surface area contributed by atoms with Gasteiger partial charge in [0.1, 0.15) is 18.7 Å². The summed E-state index contributed by atoms with van der Waals surface area (Å²) in [5.41, 5.74) is 5.25. The Morgan fingerprint density at radius 1 is 1.55 bits per heavy atom. The van der Waals surface area contributed by atoms with Gasteiger partial charge in [-0.1, -0.05) is 11.6 Å². The summed E-state index contributed by atoms with van der Waals surface area (Å²) in [5.74, 6) is -0.894. The van der Waals surface area contributed by atoms with E-state index in [2.05, 4.69) is 0 Å². The van der Waals surface area contributed by atoms with Gasteiger partial charge in [0.05, 0.1) is 10.6 Å². The molecule has 1 rings (SSSR count). The number of rotatable bonds is 4. The molecule has 0 unspecified atom stereocenters. The summed E-state index contributed by atoms with van der Waals surface area (Å²) in [5, 5.41) is 8.74. The van der Waals surface area contributed by atoms with Crippen LogP contribution in [0.1, 0.15) is 12.5 Å². The summed E-state index contributed by atoms with van der Waals surface area (Å²) < 4.78 is 37.7. The van der Waals surface area contributed by atoms with Crippen LogP contribution in [0.5, 0.6) is 0 Å². The lowest BCUT2D eigenvalue weighted by atomic mass is 10.1. The molecule has 0 aliphatic rings. The fraction of sp³-hybridized carbons (Fsp3) is 0.333. The number of carbonyl (C=O) groups excluding carboxylic acids is 1. The highest BCUT2D eigenvalue weighted by Crippen LogP contribution is 2.28. The van der Waals surface area contributed by atoms with E-state index in [-0.39, 0.29) is 16.3 Å². The van der Waals surface area contributed by atoms with E-state index < -0.39 is 24.7 Å². The number of anilines is 1. The Labute approximate surface area is 118 Å². The molecular weight excluding hydrogens is 295 g/mol. The number of halogens is 4. The molecule has 1 aromatic rings. The zero-order valence-corrected chi connectivity index (χ0v) is 11.2. The first-order valence-electron chi connectivity index (χ1n) is 5.48. The lowest BCUT2D eigenvalue weighted by Gasteiger charge is -2.30. The summed E-state index contributed by atoms with van der Waals surface area (Å²) >= 11 is 5.78. The molecule has 1 amide bonds. The first-order chi connectivity index (χ1) is 9.15. The highest BCUT2D eigenvalue weighted by Gasteiger charge is 2.34. The van der Waals surface area contributed by atoms with E-state index >= 15 is 0 Å². The Balaban J connectivity index is 3.20. The van der Waals surface area contributed by atoms with Crippen LogP contribution in [0.3, 0.4) is 0 Å². The number of alkyl halides is 3. The van der Waals surface area contributed by atoms with Crippen LogP contribution in [0.4, 0.5) is 18.9 Å². The van der Waals surface area contributed by atoms with Gasteiger partial charge in [-0.05, 0) is 25.1 Å².